The molecule has 0 fully saturated rings. The van der Waals surface area contributed by atoms with Crippen molar-refractivity contribution < 1.29 is 18.0 Å². The fourth-order valence-electron chi connectivity index (χ4n) is 1.45. The zero-order valence-electron chi connectivity index (χ0n) is 10.1. The number of alkyl halides is 3. The molecule has 0 aliphatic rings. The number of hydrogen-bond acceptors (Lipinski definition) is 3. The van der Waals surface area contributed by atoms with Crippen molar-refractivity contribution in [2.24, 2.45) is 0 Å². The second-order valence-electron chi connectivity index (χ2n) is 3.89. The fourth-order valence-corrected chi connectivity index (χ4v) is 2.02. The highest BCUT2D eigenvalue weighted by Gasteiger charge is 2.33. The number of aromatic nitrogens is 2. The second-order valence-corrected chi connectivity index (χ2v) is 5.13. The van der Waals surface area contributed by atoms with E-state index in [1.807, 2.05) is 0 Å². The summed E-state index contributed by atoms with van der Waals surface area (Å²) in [6, 6.07) is 6.03. The van der Waals surface area contributed by atoms with Crippen LogP contribution in [0.3, 0.4) is 0 Å². The predicted octanol–water partition coefficient (Wildman–Crippen LogP) is 4.16. The normalized spacial score (nSPS) is 11.3. The summed E-state index contributed by atoms with van der Waals surface area (Å²) >= 11 is 8.35. The van der Waals surface area contributed by atoms with Gasteiger partial charge in [0.1, 0.15) is 0 Å². The van der Waals surface area contributed by atoms with E-state index in [0.717, 1.165) is 6.07 Å². The Bertz CT molecular complexity index is 676. The molecule has 9 heteroatoms. The molecule has 0 spiro atoms. The summed E-state index contributed by atoms with van der Waals surface area (Å²) < 4.78 is 38.1. The summed E-state index contributed by atoms with van der Waals surface area (Å²) in [7, 11) is 0. The van der Waals surface area contributed by atoms with Crippen molar-refractivity contribution in [3.05, 3.63) is 51.2 Å². The number of nitrogens with one attached hydrogen (secondary N) is 1. The Morgan fingerprint density at radius 2 is 1.90 bits per heavy atom. The molecule has 21 heavy (non-hydrogen) atoms. The molecule has 0 unspecified atom stereocenters. The monoisotopic (exact) mass is 379 g/mol. The Hall–Kier alpha value is -1.67. The number of nitrogens with zero attached hydrogens (tertiary/aromatic N) is 2. The van der Waals surface area contributed by atoms with Crippen LogP contribution in [0, 0.1) is 0 Å². The molecule has 1 aromatic heterocycles. The number of carbonyl (C=O) groups excluding carboxylic acids is 1. The first-order valence-electron chi connectivity index (χ1n) is 5.44. The van der Waals surface area contributed by atoms with Crippen LogP contribution in [0.5, 0.6) is 0 Å². The molecular formula is C12H6BrClF3N3O. The molecule has 2 rings (SSSR count). The zero-order valence-corrected chi connectivity index (χ0v) is 12.4. The standard InChI is InChI=1S/C12H6BrClF3N3O/c13-8-2-1-6(5-7(8)12(15,16)17)18-11(21)9-3-4-10(14)20-19-9/h1-5H,(H,18,21). The van der Waals surface area contributed by atoms with Gasteiger partial charge in [-0.05, 0) is 30.3 Å². The lowest BCUT2D eigenvalue weighted by molar-refractivity contribution is -0.138. The summed E-state index contributed by atoms with van der Waals surface area (Å²) in [5.74, 6) is -0.686. The van der Waals surface area contributed by atoms with Gasteiger partial charge >= 0.3 is 6.18 Å². The first-order valence-corrected chi connectivity index (χ1v) is 6.62. The largest absolute Gasteiger partial charge is 0.417 e. The van der Waals surface area contributed by atoms with E-state index in [0.29, 0.717) is 0 Å². The van der Waals surface area contributed by atoms with Crippen LogP contribution in [0.15, 0.2) is 34.8 Å². The highest BCUT2D eigenvalue weighted by Crippen LogP contribution is 2.36. The molecule has 0 atom stereocenters. The Balaban J connectivity index is 2.24. The summed E-state index contributed by atoms with van der Waals surface area (Å²) in [5.41, 5.74) is -0.953. The molecule has 0 saturated carbocycles. The Kier molecular flexibility index (Phi) is 4.48. The van der Waals surface area contributed by atoms with Gasteiger partial charge in [0.2, 0.25) is 0 Å². The lowest BCUT2D eigenvalue weighted by Crippen LogP contribution is -2.15. The molecule has 1 heterocycles. The Morgan fingerprint density at radius 3 is 2.48 bits per heavy atom. The van der Waals surface area contributed by atoms with E-state index in [-0.39, 0.29) is 21.0 Å². The van der Waals surface area contributed by atoms with E-state index in [1.165, 1.54) is 24.3 Å². The molecular weight excluding hydrogens is 375 g/mol. The maximum absolute atomic E-state index is 12.8. The Labute approximate surface area is 130 Å². The van der Waals surface area contributed by atoms with E-state index in [2.05, 4.69) is 31.4 Å². The van der Waals surface area contributed by atoms with Gasteiger partial charge in [-0.15, -0.1) is 10.2 Å². The first-order chi connectivity index (χ1) is 9.77. The van der Waals surface area contributed by atoms with Gasteiger partial charge in [0.05, 0.1) is 5.56 Å². The topological polar surface area (TPSA) is 54.9 Å². The minimum absolute atomic E-state index is 0.00715. The molecule has 0 saturated heterocycles. The zero-order chi connectivity index (χ0) is 15.6. The average Bonchev–Trinajstić information content (AvgIpc) is 2.40. The van der Waals surface area contributed by atoms with Gasteiger partial charge in [-0.3, -0.25) is 4.79 Å². The third kappa shape index (κ3) is 3.92. The number of benzene rings is 1. The minimum Gasteiger partial charge on any atom is -0.321 e. The molecule has 110 valence electrons. The molecule has 2 aromatic rings. The second kappa shape index (κ2) is 5.98. The third-order valence-electron chi connectivity index (χ3n) is 2.39. The number of anilines is 1. The van der Waals surface area contributed by atoms with Gasteiger partial charge in [0.15, 0.2) is 10.8 Å². The van der Waals surface area contributed by atoms with Gasteiger partial charge in [0.25, 0.3) is 5.91 Å². The molecule has 1 amide bonds. The smallest absolute Gasteiger partial charge is 0.321 e. The summed E-state index contributed by atoms with van der Waals surface area (Å²) in [6.07, 6.45) is -4.53. The van der Waals surface area contributed by atoms with Crippen LogP contribution in [0.4, 0.5) is 18.9 Å². The van der Waals surface area contributed by atoms with Crippen molar-refractivity contribution in [2.75, 3.05) is 5.32 Å². The fraction of sp³-hybridized carbons (Fsp3) is 0.0833. The lowest BCUT2D eigenvalue weighted by Gasteiger charge is -2.11. The summed E-state index contributed by atoms with van der Waals surface area (Å²) in [5, 5.41) is 9.44. The maximum atomic E-state index is 12.8. The van der Waals surface area contributed by atoms with Crippen LogP contribution < -0.4 is 5.32 Å². The van der Waals surface area contributed by atoms with Crippen LogP contribution in [-0.4, -0.2) is 16.1 Å². The average molecular weight is 381 g/mol. The number of amides is 1. The van der Waals surface area contributed by atoms with Gasteiger partial charge in [-0.25, -0.2) is 0 Å². The van der Waals surface area contributed by atoms with Gasteiger partial charge in [0, 0.05) is 10.2 Å². The van der Waals surface area contributed by atoms with Gasteiger partial charge in [-0.2, -0.15) is 13.2 Å². The third-order valence-corrected chi connectivity index (χ3v) is 3.29. The highest BCUT2D eigenvalue weighted by molar-refractivity contribution is 9.10. The minimum atomic E-state index is -4.53. The van der Waals surface area contributed by atoms with E-state index < -0.39 is 17.6 Å². The van der Waals surface area contributed by atoms with Crippen LogP contribution in [0.1, 0.15) is 16.1 Å². The summed E-state index contributed by atoms with van der Waals surface area (Å²) in [4.78, 5) is 11.8. The van der Waals surface area contributed by atoms with Crippen LogP contribution in [0.25, 0.3) is 0 Å². The van der Waals surface area contributed by atoms with Gasteiger partial charge < -0.3 is 5.32 Å². The molecule has 0 radical (unpaired) electrons. The maximum Gasteiger partial charge on any atom is 0.417 e. The quantitative estimate of drug-likeness (QED) is 0.851. The predicted molar refractivity (Wildman–Crippen MR) is 74.1 cm³/mol. The van der Waals surface area contributed by atoms with Crippen LogP contribution >= 0.6 is 27.5 Å². The van der Waals surface area contributed by atoms with Crippen molar-refractivity contribution in [1.82, 2.24) is 10.2 Å². The number of rotatable bonds is 2. The lowest BCUT2D eigenvalue weighted by atomic mass is 10.2. The van der Waals surface area contributed by atoms with Crippen molar-refractivity contribution in [3.63, 3.8) is 0 Å². The number of halogens is 5. The Morgan fingerprint density at radius 1 is 1.19 bits per heavy atom. The SMILES string of the molecule is O=C(Nc1ccc(Br)c(C(F)(F)F)c1)c1ccc(Cl)nn1. The van der Waals surface area contributed by atoms with Crippen molar-refractivity contribution in [1.29, 1.82) is 0 Å². The van der Waals surface area contributed by atoms with Crippen molar-refractivity contribution >= 4 is 39.1 Å². The van der Waals surface area contributed by atoms with E-state index in [1.54, 1.807) is 0 Å². The highest BCUT2D eigenvalue weighted by atomic mass is 79.9. The van der Waals surface area contributed by atoms with Crippen molar-refractivity contribution in [2.45, 2.75) is 6.18 Å². The van der Waals surface area contributed by atoms with Crippen LogP contribution in [0.2, 0.25) is 5.15 Å². The molecule has 0 aliphatic heterocycles. The molecule has 1 aromatic carbocycles. The van der Waals surface area contributed by atoms with Crippen molar-refractivity contribution in [3.8, 4) is 0 Å². The van der Waals surface area contributed by atoms with E-state index in [4.69, 9.17) is 11.6 Å². The number of carbonyl (C=O) groups is 1. The number of hydrogen-bond donors (Lipinski definition) is 1. The van der Waals surface area contributed by atoms with Crippen LogP contribution in [-0.2, 0) is 6.18 Å². The molecule has 0 bridgehead atoms. The summed E-state index contributed by atoms with van der Waals surface area (Å²) in [6.45, 7) is 0. The van der Waals surface area contributed by atoms with E-state index >= 15 is 0 Å². The molecule has 1 N–H and O–H groups in total. The molecule has 4 nitrogen and oxygen atoms in total. The first kappa shape index (κ1) is 15.7. The van der Waals surface area contributed by atoms with E-state index in [9.17, 15) is 18.0 Å². The molecule has 0 aliphatic carbocycles. The van der Waals surface area contributed by atoms with Gasteiger partial charge in [-0.1, -0.05) is 27.5 Å².